The van der Waals surface area contributed by atoms with Gasteiger partial charge >= 0.3 is 0 Å². The monoisotopic (exact) mass is 344 g/mol. The summed E-state index contributed by atoms with van der Waals surface area (Å²) in [4.78, 5) is 2.57. The molecular weight excluding hydrogens is 320 g/mol. The van der Waals surface area contributed by atoms with Crippen LogP contribution in [0.4, 0.5) is 0 Å². The van der Waals surface area contributed by atoms with Crippen molar-refractivity contribution in [3.63, 3.8) is 0 Å². The molecule has 2 aliphatic heterocycles. The van der Waals surface area contributed by atoms with Crippen LogP contribution in [0.3, 0.4) is 0 Å². The fourth-order valence-corrected chi connectivity index (χ4v) is 4.50. The fourth-order valence-electron chi connectivity index (χ4n) is 4.50. The van der Waals surface area contributed by atoms with Gasteiger partial charge in [0.25, 0.3) is 0 Å². The van der Waals surface area contributed by atoms with Gasteiger partial charge in [0.15, 0.2) is 0 Å². The van der Waals surface area contributed by atoms with E-state index in [4.69, 9.17) is 5.10 Å². The van der Waals surface area contributed by atoms with Gasteiger partial charge in [0, 0.05) is 67.4 Å². The van der Waals surface area contributed by atoms with Gasteiger partial charge < -0.3 is 9.99 Å². The van der Waals surface area contributed by atoms with Gasteiger partial charge in [0.05, 0.1) is 6.04 Å². The van der Waals surface area contributed by atoms with Crippen molar-refractivity contribution in [3.05, 3.63) is 71.9 Å². The first-order valence-corrected chi connectivity index (χ1v) is 9.42. The fraction of sp³-hybridized carbons (Fsp3) is 0.318. The molecule has 26 heavy (non-hydrogen) atoms. The molecular formula is C22H24N4. The molecule has 0 spiro atoms. The first kappa shape index (κ1) is 15.6. The van der Waals surface area contributed by atoms with Gasteiger partial charge in [-0.05, 0) is 11.6 Å². The van der Waals surface area contributed by atoms with Gasteiger partial charge in [-0.3, -0.25) is 4.90 Å². The van der Waals surface area contributed by atoms with Crippen molar-refractivity contribution < 1.29 is 0 Å². The Balaban J connectivity index is 1.41. The molecule has 0 radical (unpaired) electrons. The lowest BCUT2D eigenvalue weighted by Gasteiger charge is -2.33. The topological polar surface area (TPSA) is 32.6 Å². The third-order valence-corrected chi connectivity index (χ3v) is 5.83. The van der Waals surface area contributed by atoms with E-state index in [-0.39, 0.29) is 6.04 Å². The van der Waals surface area contributed by atoms with E-state index in [1.54, 1.807) is 0 Å². The Morgan fingerprint density at radius 1 is 1.08 bits per heavy atom. The van der Waals surface area contributed by atoms with Gasteiger partial charge in [0.1, 0.15) is 0 Å². The number of para-hydroxylation sites is 1. The molecule has 2 aromatic carbocycles. The molecule has 0 amide bonds. The average molecular weight is 344 g/mol. The summed E-state index contributed by atoms with van der Waals surface area (Å²) >= 11 is 0. The number of hydrazone groups is 1. The lowest BCUT2D eigenvalue weighted by molar-refractivity contribution is 0.220. The highest BCUT2D eigenvalue weighted by Gasteiger charge is 2.38. The maximum absolute atomic E-state index is 4.70. The van der Waals surface area contributed by atoms with Crippen LogP contribution in [0.2, 0.25) is 0 Å². The second-order valence-electron chi connectivity index (χ2n) is 7.50. The number of hydrogen-bond acceptors (Lipinski definition) is 3. The highest BCUT2D eigenvalue weighted by molar-refractivity contribution is 5.92. The average Bonchev–Trinajstić information content (AvgIpc) is 3.24. The molecule has 4 nitrogen and oxygen atoms in total. The maximum Gasteiger partial charge on any atom is 0.0803 e. The van der Waals surface area contributed by atoms with E-state index in [2.05, 4.69) is 82.7 Å². The summed E-state index contributed by atoms with van der Waals surface area (Å²) in [6.07, 6.45) is 3.34. The molecule has 1 N–H and O–H groups in total. The zero-order chi connectivity index (χ0) is 17.5. The summed E-state index contributed by atoms with van der Waals surface area (Å²) in [6.45, 7) is 3.18. The van der Waals surface area contributed by atoms with E-state index in [1.807, 2.05) is 0 Å². The van der Waals surface area contributed by atoms with Crippen molar-refractivity contribution >= 4 is 16.6 Å². The molecule has 0 saturated carbocycles. The molecule has 0 aliphatic carbocycles. The number of nitrogens with one attached hydrogen (secondary N) is 1. The smallest absolute Gasteiger partial charge is 0.0803 e. The Labute approximate surface area is 154 Å². The molecule has 4 heteroatoms. The summed E-state index contributed by atoms with van der Waals surface area (Å²) in [5.74, 6) is 0.457. The predicted molar refractivity (Wildman–Crippen MR) is 106 cm³/mol. The zero-order valence-corrected chi connectivity index (χ0v) is 15.1. The highest BCUT2D eigenvalue weighted by Crippen LogP contribution is 2.36. The highest BCUT2D eigenvalue weighted by atomic mass is 15.4. The third-order valence-electron chi connectivity index (χ3n) is 5.83. The molecule has 2 atom stereocenters. The number of hydrogen-bond donors (Lipinski definition) is 1. The summed E-state index contributed by atoms with van der Waals surface area (Å²) in [5.41, 5.74) is 8.84. The minimum Gasteiger partial charge on any atom is -0.350 e. The van der Waals surface area contributed by atoms with E-state index in [0.717, 1.165) is 26.1 Å². The van der Waals surface area contributed by atoms with E-state index >= 15 is 0 Å². The van der Waals surface area contributed by atoms with Crippen LogP contribution in [0, 0.1) is 5.92 Å². The molecule has 0 bridgehead atoms. The lowest BCUT2D eigenvalue weighted by atomic mass is 9.86. The van der Waals surface area contributed by atoms with Gasteiger partial charge in [-0.15, -0.1) is 0 Å². The van der Waals surface area contributed by atoms with Crippen LogP contribution in [0.1, 0.15) is 23.6 Å². The molecule has 1 fully saturated rings. The number of aryl methyl sites for hydroxylation is 1. The first-order valence-electron chi connectivity index (χ1n) is 9.42. The van der Waals surface area contributed by atoms with Crippen molar-refractivity contribution in [1.82, 2.24) is 14.9 Å². The Hall–Kier alpha value is -2.59. The largest absolute Gasteiger partial charge is 0.350 e. The molecule has 2 unspecified atom stereocenters. The molecule has 2 aliphatic rings. The second kappa shape index (κ2) is 6.29. The molecule has 5 rings (SSSR count). The third kappa shape index (κ3) is 2.61. The minimum absolute atomic E-state index is 0.273. The normalized spacial score (nSPS) is 22.9. The number of benzene rings is 2. The van der Waals surface area contributed by atoms with E-state index < -0.39 is 0 Å². The summed E-state index contributed by atoms with van der Waals surface area (Å²) in [5, 5.41) is 6.04. The first-order chi connectivity index (χ1) is 12.8. The van der Waals surface area contributed by atoms with E-state index in [1.165, 1.54) is 27.7 Å². The molecule has 1 aromatic heterocycles. The van der Waals surface area contributed by atoms with Crippen LogP contribution < -0.4 is 5.43 Å². The van der Waals surface area contributed by atoms with Crippen molar-refractivity contribution in [1.29, 1.82) is 0 Å². The van der Waals surface area contributed by atoms with E-state index in [0.29, 0.717) is 5.92 Å². The summed E-state index contributed by atoms with van der Waals surface area (Å²) in [6, 6.07) is 19.7. The second-order valence-corrected chi connectivity index (χ2v) is 7.50. The van der Waals surface area contributed by atoms with Gasteiger partial charge in [0.2, 0.25) is 0 Å². The number of piperidine rings is 1. The Morgan fingerprint density at radius 2 is 1.88 bits per heavy atom. The number of aromatic nitrogens is 1. The SMILES string of the molecule is Cn1cc(C2NN=C3CCN(Cc4ccccc4)CC32)c2ccccc21. The molecule has 3 heterocycles. The van der Waals surface area contributed by atoms with Crippen LogP contribution >= 0.6 is 0 Å². The van der Waals surface area contributed by atoms with Crippen LogP contribution in [0.25, 0.3) is 10.9 Å². The maximum atomic E-state index is 4.70. The van der Waals surface area contributed by atoms with Crippen LogP contribution in [0.15, 0.2) is 65.9 Å². The summed E-state index contributed by atoms with van der Waals surface area (Å²) in [7, 11) is 2.13. The van der Waals surface area contributed by atoms with E-state index in [9.17, 15) is 0 Å². The van der Waals surface area contributed by atoms with Crippen LogP contribution in [-0.2, 0) is 13.6 Å². The molecule has 3 aromatic rings. The molecule has 1 saturated heterocycles. The Kier molecular flexibility index (Phi) is 3.79. The minimum atomic E-state index is 0.273. The van der Waals surface area contributed by atoms with Gasteiger partial charge in [-0.25, -0.2) is 0 Å². The predicted octanol–water partition coefficient (Wildman–Crippen LogP) is 3.70. The number of likely N-dealkylation sites (tertiary alicyclic amines) is 1. The lowest BCUT2D eigenvalue weighted by Crippen LogP contribution is -2.41. The quantitative estimate of drug-likeness (QED) is 0.786. The van der Waals surface area contributed by atoms with Crippen molar-refractivity contribution in [2.45, 2.75) is 19.0 Å². The Bertz CT molecular complexity index is 957. The molecule has 132 valence electrons. The Morgan fingerprint density at radius 3 is 2.77 bits per heavy atom. The van der Waals surface area contributed by atoms with Gasteiger partial charge in [-0.1, -0.05) is 48.5 Å². The van der Waals surface area contributed by atoms with Crippen LogP contribution in [-0.4, -0.2) is 28.3 Å². The number of nitrogens with zero attached hydrogens (tertiary/aromatic N) is 3. The number of rotatable bonds is 3. The van der Waals surface area contributed by atoms with Crippen LogP contribution in [0.5, 0.6) is 0 Å². The van der Waals surface area contributed by atoms with Crippen molar-refractivity contribution in [2.24, 2.45) is 18.1 Å². The van der Waals surface area contributed by atoms with Crippen molar-refractivity contribution in [3.8, 4) is 0 Å². The number of fused-ring (bicyclic) bond motifs is 2. The zero-order valence-electron chi connectivity index (χ0n) is 15.1. The van der Waals surface area contributed by atoms with Crippen molar-refractivity contribution in [2.75, 3.05) is 13.1 Å². The summed E-state index contributed by atoms with van der Waals surface area (Å²) < 4.78 is 2.23. The van der Waals surface area contributed by atoms with Gasteiger partial charge in [-0.2, -0.15) is 5.10 Å². The standard InChI is InChI=1S/C22H24N4/c1-25-14-18(17-9-5-6-10-21(17)25)22-19-15-26(12-11-20(19)23-24-22)13-16-7-3-2-4-8-16/h2-10,14,19,22,24H,11-13,15H2,1H3.